The molecule has 5 nitrogen and oxygen atoms in total. The summed E-state index contributed by atoms with van der Waals surface area (Å²) in [6, 6.07) is 4.72. The van der Waals surface area contributed by atoms with E-state index in [9.17, 15) is 13.2 Å². The van der Waals surface area contributed by atoms with Gasteiger partial charge in [-0.15, -0.1) is 0 Å². The zero-order chi connectivity index (χ0) is 13.9. The molecule has 100 valence electrons. The molecule has 1 aromatic carbocycles. The van der Waals surface area contributed by atoms with Crippen molar-refractivity contribution in [2.24, 2.45) is 5.73 Å². The van der Waals surface area contributed by atoms with Gasteiger partial charge in [0.1, 0.15) is 0 Å². The van der Waals surface area contributed by atoms with Gasteiger partial charge in [0.25, 0.3) is 0 Å². The summed E-state index contributed by atoms with van der Waals surface area (Å²) < 4.78 is 26.8. The minimum Gasteiger partial charge on any atom is -0.369 e. The van der Waals surface area contributed by atoms with Crippen LogP contribution >= 0.6 is 31.9 Å². The molecule has 18 heavy (non-hydrogen) atoms. The maximum absolute atomic E-state index is 12.3. The Kier molecular flexibility index (Phi) is 5.32. The molecule has 0 saturated heterocycles. The van der Waals surface area contributed by atoms with Crippen molar-refractivity contribution in [2.45, 2.75) is 11.8 Å². The van der Waals surface area contributed by atoms with Crippen LogP contribution in [0.25, 0.3) is 0 Å². The van der Waals surface area contributed by atoms with Crippen LogP contribution in [0.3, 0.4) is 0 Å². The Hall–Kier alpha value is -0.440. The van der Waals surface area contributed by atoms with Gasteiger partial charge in [0, 0.05) is 15.5 Å². The lowest BCUT2D eigenvalue weighted by atomic mass is 10.4. The molecule has 0 atom stereocenters. The third kappa shape index (κ3) is 3.53. The van der Waals surface area contributed by atoms with E-state index in [-0.39, 0.29) is 18.0 Å². The first-order chi connectivity index (χ1) is 8.28. The lowest BCUT2D eigenvalue weighted by molar-refractivity contribution is -0.118. The molecule has 0 spiro atoms. The van der Waals surface area contributed by atoms with E-state index in [1.807, 2.05) is 0 Å². The van der Waals surface area contributed by atoms with Crippen LogP contribution in [0.4, 0.5) is 0 Å². The minimum atomic E-state index is -3.73. The number of nitrogens with two attached hydrogens (primary N) is 1. The average molecular weight is 400 g/mol. The standard InChI is InChI=1S/C10H12Br2N2O3S/c1-2-14(6-10(13)15)18(16,17)9-4-3-7(11)5-8(9)12/h3-5H,2,6H2,1H3,(H2,13,15). The molecule has 0 unspecified atom stereocenters. The van der Waals surface area contributed by atoms with Gasteiger partial charge in [0.05, 0.1) is 11.4 Å². The second-order valence-corrected chi connectivity index (χ2v) is 7.15. The molecule has 0 fully saturated rings. The van der Waals surface area contributed by atoms with Gasteiger partial charge in [0.2, 0.25) is 15.9 Å². The van der Waals surface area contributed by atoms with Gasteiger partial charge in [-0.05, 0) is 34.1 Å². The first-order valence-corrected chi connectivity index (χ1v) is 8.05. The monoisotopic (exact) mass is 398 g/mol. The molecule has 0 aliphatic carbocycles. The van der Waals surface area contributed by atoms with Crippen LogP contribution < -0.4 is 5.73 Å². The number of rotatable bonds is 5. The highest BCUT2D eigenvalue weighted by atomic mass is 79.9. The predicted octanol–water partition coefficient (Wildman–Crippen LogP) is 1.71. The largest absolute Gasteiger partial charge is 0.369 e. The fraction of sp³-hybridized carbons (Fsp3) is 0.300. The van der Waals surface area contributed by atoms with Crippen molar-refractivity contribution in [3.63, 3.8) is 0 Å². The van der Waals surface area contributed by atoms with Gasteiger partial charge in [-0.25, -0.2) is 8.42 Å². The topological polar surface area (TPSA) is 80.5 Å². The summed E-state index contributed by atoms with van der Waals surface area (Å²) >= 11 is 6.44. The average Bonchev–Trinajstić information content (AvgIpc) is 2.24. The second kappa shape index (κ2) is 6.14. The van der Waals surface area contributed by atoms with E-state index < -0.39 is 15.9 Å². The van der Waals surface area contributed by atoms with E-state index in [0.29, 0.717) is 4.47 Å². The molecule has 0 aliphatic rings. The Bertz CT molecular complexity index is 560. The Morgan fingerprint density at radius 3 is 2.44 bits per heavy atom. The number of amides is 1. The molecule has 0 aromatic heterocycles. The zero-order valence-corrected chi connectivity index (χ0v) is 13.5. The summed E-state index contributed by atoms with van der Waals surface area (Å²) in [6.45, 7) is 1.49. The summed E-state index contributed by atoms with van der Waals surface area (Å²) in [6.07, 6.45) is 0. The maximum atomic E-state index is 12.3. The minimum absolute atomic E-state index is 0.105. The van der Waals surface area contributed by atoms with E-state index in [4.69, 9.17) is 5.73 Å². The van der Waals surface area contributed by atoms with Gasteiger partial charge in [-0.3, -0.25) is 4.79 Å². The third-order valence-corrected chi connectivity index (χ3v) is 5.59. The van der Waals surface area contributed by atoms with Crippen molar-refractivity contribution in [1.29, 1.82) is 0 Å². The molecule has 0 bridgehead atoms. The third-order valence-electron chi connectivity index (χ3n) is 2.20. The quantitative estimate of drug-likeness (QED) is 0.818. The number of carbonyl (C=O) groups is 1. The van der Waals surface area contributed by atoms with Crippen molar-refractivity contribution in [3.05, 3.63) is 27.1 Å². The molecule has 0 aliphatic heterocycles. The highest BCUT2D eigenvalue weighted by molar-refractivity contribution is 9.11. The van der Waals surface area contributed by atoms with Crippen LogP contribution in [0.2, 0.25) is 0 Å². The fourth-order valence-corrected chi connectivity index (χ4v) is 4.49. The lowest BCUT2D eigenvalue weighted by Crippen LogP contribution is -2.38. The predicted molar refractivity (Wildman–Crippen MR) is 75.5 cm³/mol. The lowest BCUT2D eigenvalue weighted by Gasteiger charge is -2.19. The number of primary amides is 1. The van der Waals surface area contributed by atoms with Crippen LogP contribution in [0.15, 0.2) is 32.0 Å². The smallest absolute Gasteiger partial charge is 0.244 e. The summed E-state index contributed by atoms with van der Waals surface area (Å²) in [5, 5.41) is 0. The van der Waals surface area contributed by atoms with E-state index in [2.05, 4.69) is 31.9 Å². The molecule has 1 rings (SSSR count). The van der Waals surface area contributed by atoms with Crippen LogP contribution in [-0.2, 0) is 14.8 Å². The number of sulfonamides is 1. The number of nitrogens with zero attached hydrogens (tertiary/aromatic N) is 1. The number of carbonyl (C=O) groups excluding carboxylic acids is 1. The summed E-state index contributed by atoms with van der Waals surface area (Å²) in [5.41, 5.74) is 5.04. The second-order valence-electron chi connectivity index (χ2n) is 3.47. The highest BCUT2D eigenvalue weighted by Crippen LogP contribution is 2.27. The van der Waals surface area contributed by atoms with E-state index in [1.54, 1.807) is 19.1 Å². The van der Waals surface area contributed by atoms with Gasteiger partial charge in [-0.2, -0.15) is 4.31 Å². The normalized spacial score (nSPS) is 11.8. The molecule has 1 aromatic rings. The molecule has 8 heteroatoms. The van der Waals surface area contributed by atoms with Crippen molar-refractivity contribution < 1.29 is 13.2 Å². The van der Waals surface area contributed by atoms with Crippen LogP contribution in [0.1, 0.15) is 6.92 Å². The molecular formula is C10H12Br2N2O3S. The first kappa shape index (κ1) is 15.6. The summed E-state index contributed by atoms with van der Waals surface area (Å²) in [5.74, 6) is -0.686. The van der Waals surface area contributed by atoms with Crippen molar-refractivity contribution >= 4 is 47.8 Å². The zero-order valence-electron chi connectivity index (χ0n) is 9.56. The molecule has 0 heterocycles. The number of hydrogen-bond donors (Lipinski definition) is 1. The van der Waals surface area contributed by atoms with Gasteiger partial charge in [0.15, 0.2) is 0 Å². The number of likely N-dealkylation sites (N-methyl/N-ethyl adjacent to an activating group) is 1. The van der Waals surface area contributed by atoms with Gasteiger partial charge < -0.3 is 5.73 Å². The van der Waals surface area contributed by atoms with E-state index >= 15 is 0 Å². The first-order valence-electron chi connectivity index (χ1n) is 5.02. The Morgan fingerprint density at radius 2 is 2.00 bits per heavy atom. The van der Waals surface area contributed by atoms with E-state index in [1.165, 1.54) is 6.07 Å². The van der Waals surface area contributed by atoms with Crippen LogP contribution in [0.5, 0.6) is 0 Å². The summed E-state index contributed by atoms with van der Waals surface area (Å²) in [7, 11) is -3.73. The van der Waals surface area contributed by atoms with Crippen LogP contribution in [-0.4, -0.2) is 31.7 Å². The Morgan fingerprint density at radius 1 is 1.39 bits per heavy atom. The molecule has 0 radical (unpaired) electrons. The number of benzene rings is 1. The van der Waals surface area contributed by atoms with E-state index in [0.717, 1.165) is 8.78 Å². The molecule has 1 amide bonds. The highest BCUT2D eigenvalue weighted by Gasteiger charge is 2.26. The molecule has 0 saturated carbocycles. The maximum Gasteiger partial charge on any atom is 0.244 e. The van der Waals surface area contributed by atoms with Crippen LogP contribution in [0, 0.1) is 0 Å². The van der Waals surface area contributed by atoms with Gasteiger partial charge in [-0.1, -0.05) is 22.9 Å². The number of halogens is 2. The number of hydrogen-bond acceptors (Lipinski definition) is 3. The summed E-state index contributed by atoms with van der Waals surface area (Å²) in [4.78, 5) is 11.0. The Balaban J connectivity index is 3.23. The molecular weight excluding hydrogens is 388 g/mol. The Labute approximate surface area is 123 Å². The van der Waals surface area contributed by atoms with Crippen molar-refractivity contribution in [1.82, 2.24) is 4.31 Å². The van der Waals surface area contributed by atoms with Crippen molar-refractivity contribution in [2.75, 3.05) is 13.1 Å². The SMILES string of the molecule is CCN(CC(N)=O)S(=O)(=O)c1ccc(Br)cc1Br. The molecule has 2 N–H and O–H groups in total. The fourth-order valence-electron chi connectivity index (χ4n) is 1.36. The van der Waals surface area contributed by atoms with Gasteiger partial charge >= 0.3 is 0 Å². The van der Waals surface area contributed by atoms with Crippen molar-refractivity contribution in [3.8, 4) is 0 Å².